The van der Waals surface area contributed by atoms with E-state index in [9.17, 15) is 19.2 Å². The van der Waals surface area contributed by atoms with E-state index in [0.29, 0.717) is 48.0 Å². The number of hydrogen-bond acceptors (Lipinski definition) is 6. The van der Waals surface area contributed by atoms with E-state index in [0.717, 1.165) is 11.1 Å². The maximum Gasteiger partial charge on any atom is 0.255 e. The molecule has 4 amide bonds. The molecule has 1 unspecified atom stereocenters. The van der Waals surface area contributed by atoms with Crippen LogP contribution < -0.4 is 4.74 Å². The third kappa shape index (κ3) is 4.53. The predicted molar refractivity (Wildman–Crippen MR) is 124 cm³/mol. The molecular formula is C25H24BN3O6. The average Bonchev–Trinajstić information content (AvgIpc) is 3.20. The minimum atomic E-state index is -0.767. The second-order valence-corrected chi connectivity index (χ2v) is 8.84. The van der Waals surface area contributed by atoms with E-state index in [2.05, 4.69) is 0 Å². The van der Waals surface area contributed by atoms with Crippen molar-refractivity contribution in [2.75, 3.05) is 19.8 Å². The van der Waals surface area contributed by atoms with E-state index < -0.39 is 17.9 Å². The number of carbonyl (C=O) groups is 4. The fourth-order valence-electron chi connectivity index (χ4n) is 4.63. The van der Waals surface area contributed by atoms with Crippen molar-refractivity contribution in [3.8, 4) is 5.75 Å². The molecule has 178 valence electrons. The molecule has 0 spiro atoms. The molecule has 3 heterocycles. The van der Waals surface area contributed by atoms with E-state index in [1.807, 2.05) is 24.3 Å². The van der Waals surface area contributed by atoms with Gasteiger partial charge in [-0.25, -0.2) is 0 Å². The zero-order chi connectivity index (χ0) is 24.5. The Hall–Kier alpha value is -3.66. The summed E-state index contributed by atoms with van der Waals surface area (Å²) in [6.07, 6.45) is 0.371. The maximum atomic E-state index is 13.0. The summed E-state index contributed by atoms with van der Waals surface area (Å²) < 4.78 is 11.2. The summed E-state index contributed by atoms with van der Waals surface area (Å²) in [6.45, 7) is 2.33. The molecule has 0 saturated carbocycles. The molecule has 35 heavy (non-hydrogen) atoms. The van der Waals surface area contributed by atoms with Gasteiger partial charge in [0.2, 0.25) is 25.7 Å². The molecule has 2 radical (unpaired) electrons. The summed E-state index contributed by atoms with van der Waals surface area (Å²) in [5.41, 5.74) is 3.17. The molecule has 0 N–H and O–H groups in total. The summed E-state index contributed by atoms with van der Waals surface area (Å²) in [5, 5.41) is 0. The van der Waals surface area contributed by atoms with Crippen LogP contribution in [0.1, 0.15) is 39.9 Å². The molecule has 3 aliphatic heterocycles. The highest BCUT2D eigenvalue weighted by Gasteiger charge is 2.41. The molecule has 2 aromatic rings. The van der Waals surface area contributed by atoms with Crippen LogP contribution in [0.3, 0.4) is 0 Å². The molecule has 9 nitrogen and oxygen atoms in total. The normalized spacial score (nSPS) is 20.5. The largest absolute Gasteiger partial charge is 0.489 e. The Kier molecular flexibility index (Phi) is 6.30. The highest BCUT2D eigenvalue weighted by molar-refractivity contribution is 6.26. The first-order valence-corrected chi connectivity index (χ1v) is 11.5. The van der Waals surface area contributed by atoms with E-state index in [-0.39, 0.29) is 37.8 Å². The van der Waals surface area contributed by atoms with Crippen LogP contribution >= 0.6 is 0 Å². The van der Waals surface area contributed by atoms with Gasteiger partial charge in [0.1, 0.15) is 25.0 Å². The van der Waals surface area contributed by atoms with Crippen molar-refractivity contribution in [1.82, 2.24) is 14.6 Å². The fraction of sp³-hybridized carbons (Fsp3) is 0.360. The number of morpholine rings is 1. The van der Waals surface area contributed by atoms with E-state index >= 15 is 0 Å². The molecule has 2 saturated heterocycles. The second-order valence-electron chi connectivity index (χ2n) is 8.84. The summed E-state index contributed by atoms with van der Waals surface area (Å²) in [6, 6.07) is 12.3. The van der Waals surface area contributed by atoms with Crippen LogP contribution in [-0.2, 0) is 38.8 Å². The second kappa shape index (κ2) is 9.54. The molecule has 3 aliphatic rings. The van der Waals surface area contributed by atoms with Gasteiger partial charge in [0.15, 0.2) is 0 Å². The van der Waals surface area contributed by atoms with Crippen LogP contribution in [0.4, 0.5) is 0 Å². The first-order valence-electron chi connectivity index (χ1n) is 11.5. The van der Waals surface area contributed by atoms with Crippen LogP contribution in [0.25, 0.3) is 0 Å². The van der Waals surface area contributed by atoms with Crippen LogP contribution in [0.2, 0.25) is 0 Å². The van der Waals surface area contributed by atoms with Gasteiger partial charge in [-0.2, -0.15) is 0 Å². The number of hydrogen-bond donors (Lipinski definition) is 0. The number of nitrogens with zero attached hydrogens (tertiary/aromatic N) is 3. The van der Waals surface area contributed by atoms with Crippen molar-refractivity contribution in [3.63, 3.8) is 0 Å². The zero-order valence-corrected chi connectivity index (χ0v) is 19.1. The number of benzene rings is 2. The Morgan fingerprint density at radius 3 is 2.54 bits per heavy atom. The fourth-order valence-corrected chi connectivity index (χ4v) is 4.63. The number of amides is 4. The third-order valence-electron chi connectivity index (χ3n) is 6.63. The topological polar surface area (TPSA) is 96.5 Å². The Labute approximate surface area is 204 Å². The minimum absolute atomic E-state index is 0.00844. The predicted octanol–water partition coefficient (Wildman–Crippen LogP) is 1.18. The molecular weight excluding hydrogens is 449 g/mol. The lowest BCUT2D eigenvalue weighted by Gasteiger charge is -2.34. The summed E-state index contributed by atoms with van der Waals surface area (Å²) in [5.74, 6) is -0.713. The highest BCUT2D eigenvalue weighted by Crippen LogP contribution is 2.34. The highest BCUT2D eigenvalue weighted by atomic mass is 16.5. The van der Waals surface area contributed by atoms with Gasteiger partial charge >= 0.3 is 0 Å². The van der Waals surface area contributed by atoms with Crippen molar-refractivity contribution in [2.45, 2.75) is 38.6 Å². The smallest absolute Gasteiger partial charge is 0.255 e. The Morgan fingerprint density at radius 2 is 1.77 bits per heavy atom. The van der Waals surface area contributed by atoms with Crippen molar-refractivity contribution in [3.05, 3.63) is 64.7 Å². The lowest BCUT2D eigenvalue weighted by atomic mass is 9.99. The third-order valence-corrected chi connectivity index (χ3v) is 6.63. The summed E-state index contributed by atoms with van der Waals surface area (Å²) in [4.78, 5) is 53.0. The standard InChI is InChI=1S/C25H24BN3O6/c26-29-22(30)9-8-20(25(29)33)28-13-19-18(24(28)32)2-1-3-21(19)35-14-17-6-4-16(5-7-17)12-27-10-11-34-15-23(27)31/h1-7,20H,8-15H2. The summed E-state index contributed by atoms with van der Waals surface area (Å²) in [7, 11) is 5.59. The van der Waals surface area contributed by atoms with Crippen molar-refractivity contribution in [1.29, 1.82) is 0 Å². The Morgan fingerprint density at radius 1 is 1.00 bits per heavy atom. The maximum absolute atomic E-state index is 13.0. The molecule has 2 fully saturated rings. The number of ether oxygens (including phenoxy) is 2. The first-order chi connectivity index (χ1) is 16.9. The molecule has 0 aliphatic carbocycles. The van der Waals surface area contributed by atoms with Gasteiger partial charge in [0, 0.05) is 30.6 Å². The Balaban J connectivity index is 1.24. The van der Waals surface area contributed by atoms with Crippen LogP contribution in [0.15, 0.2) is 42.5 Å². The number of carbonyl (C=O) groups excluding carboxylic acids is 4. The van der Waals surface area contributed by atoms with Gasteiger partial charge in [-0.05, 0) is 29.7 Å². The molecule has 0 aromatic heterocycles. The molecule has 1 atom stereocenters. The minimum Gasteiger partial charge on any atom is -0.489 e. The lowest BCUT2D eigenvalue weighted by molar-refractivity contribution is -0.146. The number of rotatable bonds is 6. The zero-order valence-electron chi connectivity index (χ0n) is 19.1. The van der Waals surface area contributed by atoms with Crippen LogP contribution in [0.5, 0.6) is 5.75 Å². The van der Waals surface area contributed by atoms with Crippen molar-refractivity contribution >= 4 is 31.6 Å². The van der Waals surface area contributed by atoms with Gasteiger partial charge in [-0.15, -0.1) is 0 Å². The SMILES string of the molecule is [B]N1C(=O)CCC(N2Cc3c(OCc4ccc(CN5CCOCC5=O)cc4)cccc3C2=O)C1=O. The average molecular weight is 473 g/mol. The van der Waals surface area contributed by atoms with Gasteiger partial charge < -0.3 is 24.1 Å². The first kappa shape index (κ1) is 23.1. The van der Waals surface area contributed by atoms with Crippen LogP contribution in [-0.4, -0.2) is 72.0 Å². The molecule has 5 rings (SSSR count). The van der Waals surface area contributed by atoms with Crippen molar-refractivity contribution in [2.24, 2.45) is 0 Å². The van der Waals surface area contributed by atoms with Gasteiger partial charge in [-0.3, -0.25) is 19.2 Å². The van der Waals surface area contributed by atoms with E-state index in [1.165, 1.54) is 4.90 Å². The van der Waals surface area contributed by atoms with E-state index in [4.69, 9.17) is 17.5 Å². The molecule has 0 bridgehead atoms. The number of piperidine rings is 1. The lowest BCUT2D eigenvalue weighted by Crippen LogP contribution is -2.53. The van der Waals surface area contributed by atoms with E-state index in [1.54, 1.807) is 23.1 Å². The van der Waals surface area contributed by atoms with Gasteiger partial charge in [-0.1, -0.05) is 30.3 Å². The van der Waals surface area contributed by atoms with Gasteiger partial charge in [0.25, 0.3) is 5.91 Å². The van der Waals surface area contributed by atoms with Gasteiger partial charge in [0.05, 0.1) is 13.2 Å². The quantitative estimate of drug-likeness (QED) is 0.462. The number of fused-ring (bicyclic) bond motifs is 1. The van der Waals surface area contributed by atoms with Crippen molar-refractivity contribution < 1.29 is 28.7 Å². The summed E-state index contributed by atoms with van der Waals surface area (Å²) >= 11 is 0. The molecule has 10 heteroatoms. The molecule has 2 aromatic carbocycles. The van der Waals surface area contributed by atoms with Crippen LogP contribution in [0, 0.1) is 0 Å². The Bertz CT molecular complexity index is 1180. The number of imide groups is 1. The monoisotopic (exact) mass is 473 g/mol.